The van der Waals surface area contributed by atoms with Crippen LogP contribution in [0.4, 0.5) is 0 Å². The molecule has 1 fully saturated rings. The highest BCUT2D eigenvalue weighted by atomic mass is 15.2. The molecular weight excluding hydrogens is 196 g/mol. The Hall–Kier alpha value is -0.860. The summed E-state index contributed by atoms with van der Waals surface area (Å²) in [5.41, 5.74) is 7.29. The molecule has 16 heavy (non-hydrogen) atoms. The van der Waals surface area contributed by atoms with Crippen LogP contribution < -0.4 is 5.73 Å². The Kier molecular flexibility index (Phi) is 3.97. The highest BCUT2D eigenvalue weighted by Gasteiger charge is 2.31. The van der Waals surface area contributed by atoms with Crippen molar-refractivity contribution in [2.24, 2.45) is 5.73 Å². The molecule has 0 spiro atoms. The summed E-state index contributed by atoms with van der Waals surface area (Å²) in [5, 5.41) is 0. The normalized spacial score (nSPS) is 19.4. The number of rotatable bonds is 5. The lowest BCUT2D eigenvalue weighted by atomic mass is 9.89. The summed E-state index contributed by atoms with van der Waals surface area (Å²) in [6, 6.07) is 11.4. The molecule has 1 heterocycles. The zero-order valence-electron chi connectivity index (χ0n) is 10.1. The van der Waals surface area contributed by atoms with Crippen molar-refractivity contribution in [3.8, 4) is 0 Å². The molecule has 0 bridgehead atoms. The van der Waals surface area contributed by atoms with Crippen LogP contribution >= 0.6 is 0 Å². The monoisotopic (exact) mass is 218 g/mol. The van der Waals surface area contributed by atoms with E-state index in [0.29, 0.717) is 6.04 Å². The van der Waals surface area contributed by atoms with E-state index in [2.05, 4.69) is 42.2 Å². The fourth-order valence-electron chi connectivity index (χ4n) is 2.53. The van der Waals surface area contributed by atoms with E-state index in [1.807, 2.05) is 0 Å². The van der Waals surface area contributed by atoms with Crippen molar-refractivity contribution >= 4 is 0 Å². The van der Waals surface area contributed by atoms with Gasteiger partial charge in [0.25, 0.3) is 0 Å². The Morgan fingerprint density at radius 3 is 2.56 bits per heavy atom. The molecular formula is C14H22N2. The van der Waals surface area contributed by atoms with Crippen LogP contribution in [-0.4, -0.2) is 30.6 Å². The maximum atomic E-state index is 5.81. The van der Waals surface area contributed by atoms with Crippen molar-refractivity contribution in [1.29, 1.82) is 0 Å². The van der Waals surface area contributed by atoms with Gasteiger partial charge >= 0.3 is 0 Å². The first-order chi connectivity index (χ1) is 7.85. The van der Waals surface area contributed by atoms with Crippen LogP contribution in [0.15, 0.2) is 30.3 Å². The minimum Gasteiger partial charge on any atom is -0.329 e. The molecule has 2 N–H and O–H groups in total. The van der Waals surface area contributed by atoms with Crippen LogP contribution in [0.25, 0.3) is 0 Å². The molecule has 0 aromatic heterocycles. The summed E-state index contributed by atoms with van der Waals surface area (Å²) in [4.78, 5) is 2.53. The number of nitrogens with two attached hydrogens (primary N) is 1. The van der Waals surface area contributed by atoms with Gasteiger partial charge in [0.15, 0.2) is 0 Å². The first kappa shape index (κ1) is 11.6. The van der Waals surface area contributed by atoms with Crippen molar-refractivity contribution in [3.63, 3.8) is 0 Å². The average molecular weight is 218 g/mol. The molecule has 0 aliphatic carbocycles. The van der Waals surface area contributed by atoms with Gasteiger partial charge in [-0.15, -0.1) is 0 Å². The molecule has 2 heteroatoms. The summed E-state index contributed by atoms with van der Waals surface area (Å²) in [6.07, 6.45) is 2.46. The lowest BCUT2D eigenvalue weighted by Crippen LogP contribution is -2.53. The number of hydrogen-bond acceptors (Lipinski definition) is 2. The molecule has 1 atom stereocenters. The molecule has 2 rings (SSSR count). The molecule has 88 valence electrons. The first-order valence-corrected chi connectivity index (χ1v) is 6.34. The summed E-state index contributed by atoms with van der Waals surface area (Å²) in [5.74, 6) is 0.729. The van der Waals surface area contributed by atoms with E-state index >= 15 is 0 Å². The molecule has 1 aromatic carbocycles. The lowest BCUT2D eigenvalue weighted by Gasteiger charge is -2.44. The third kappa shape index (κ3) is 2.45. The van der Waals surface area contributed by atoms with Crippen molar-refractivity contribution in [3.05, 3.63) is 35.9 Å². The van der Waals surface area contributed by atoms with Crippen LogP contribution in [0.2, 0.25) is 0 Å². The van der Waals surface area contributed by atoms with Gasteiger partial charge in [-0.1, -0.05) is 43.7 Å². The molecule has 1 unspecified atom stereocenters. The van der Waals surface area contributed by atoms with Gasteiger partial charge in [0.05, 0.1) is 0 Å². The second-order valence-electron chi connectivity index (χ2n) is 4.74. The third-order valence-electron chi connectivity index (χ3n) is 3.59. The van der Waals surface area contributed by atoms with Gasteiger partial charge in [-0.2, -0.15) is 0 Å². The zero-order valence-corrected chi connectivity index (χ0v) is 10.1. The average Bonchev–Trinajstić information content (AvgIpc) is 2.27. The summed E-state index contributed by atoms with van der Waals surface area (Å²) < 4.78 is 0. The van der Waals surface area contributed by atoms with E-state index in [4.69, 9.17) is 5.73 Å². The van der Waals surface area contributed by atoms with Gasteiger partial charge in [-0.25, -0.2) is 0 Å². The Bertz CT molecular complexity index is 304. The van der Waals surface area contributed by atoms with E-state index in [1.54, 1.807) is 0 Å². The molecule has 0 radical (unpaired) electrons. The standard InChI is InChI=1S/C14H22N2/c1-2-6-14(9-15)16-10-13(11-16)12-7-4-3-5-8-12/h3-5,7-8,13-14H,2,6,9-11,15H2,1H3. The maximum absolute atomic E-state index is 5.81. The predicted molar refractivity (Wildman–Crippen MR) is 68.5 cm³/mol. The molecule has 1 saturated heterocycles. The first-order valence-electron chi connectivity index (χ1n) is 6.34. The third-order valence-corrected chi connectivity index (χ3v) is 3.59. The molecule has 2 nitrogen and oxygen atoms in total. The maximum Gasteiger partial charge on any atom is 0.0218 e. The lowest BCUT2D eigenvalue weighted by molar-refractivity contribution is 0.0896. The van der Waals surface area contributed by atoms with Gasteiger partial charge in [0.1, 0.15) is 0 Å². The molecule has 1 aliphatic rings. The largest absolute Gasteiger partial charge is 0.329 e. The topological polar surface area (TPSA) is 29.3 Å². The molecule has 0 saturated carbocycles. The summed E-state index contributed by atoms with van der Waals surface area (Å²) in [7, 11) is 0. The fourth-order valence-corrected chi connectivity index (χ4v) is 2.53. The molecule has 1 aliphatic heterocycles. The van der Waals surface area contributed by atoms with Gasteiger partial charge < -0.3 is 5.73 Å². The van der Waals surface area contributed by atoms with Gasteiger partial charge in [0, 0.05) is 31.6 Å². The van der Waals surface area contributed by atoms with Crippen molar-refractivity contribution < 1.29 is 0 Å². The van der Waals surface area contributed by atoms with Gasteiger partial charge in [-0.3, -0.25) is 4.90 Å². The predicted octanol–water partition coefficient (Wildman–Crippen LogP) is 2.21. The van der Waals surface area contributed by atoms with Gasteiger partial charge in [-0.05, 0) is 12.0 Å². The van der Waals surface area contributed by atoms with Crippen LogP contribution in [0, 0.1) is 0 Å². The highest BCUT2D eigenvalue weighted by molar-refractivity contribution is 5.22. The van der Waals surface area contributed by atoms with E-state index < -0.39 is 0 Å². The fraction of sp³-hybridized carbons (Fsp3) is 0.571. The minimum atomic E-state index is 0.602. The molecule has 0 amide bonds. The minimum absolute atomic E-state index is 0.602. The number of benzene rings is 1. The van der Waals surface area contributed by atoms with E-state index in [-0.39, 0.29) is 0 Å². The van der Waals surface area contributed by atoms with E-state index in [1.165, 1.54) is 31.5 Å². The van der Waals surface area contributed by atoms with Crippen molar-refractivity contribution in [1.82, 2.24) is 4.90 Å². The Labute approximate surface area is 98.4 Å². The van der Waals surface area contributed by atoms with Crippen molar-refractivity contribution in [2.75, 3.05) is 19.6 Å². The second kappa shape index (κ2) is 5.46. The van der Waals surface area contributed by atoms with E-state index in [0.717, 1.165) is 12.5 Å². The van der Waals surface area contributed by atoms with Crippen molar-refractivity contribution in [2.45, 2.75) is 31.7 Å². The summed E-state index contributed by atoms with van der Waals surface area (Å²) >= 11 is 0. The Morgan fingerprint density at radius 1 is 1.31 bits per heavy atom. The SMILES string of the molecule is CCCC(CN)N1CC(c2ccccc2)C1. The number of nitrogens with zero attached hydrogens (tertiary/aromatic N) is 1. The van der Waals surface area contributed by atoms with Gasteiger partial charge in [0.2, 0.25) is 0 Å². The zero-order chi connectivity index (χ0) is 11.4. The number of likely N-dealkylation sites (tertiary alicyclic amines) is 1. The Balaban J connectivity index is 1.85. The quantitative estimate of drug-likeness (QED) is 0.821. The van der Waals surface area contributed by atoms with Crippen LogP contribution in [0.3, 0.4) is 0 Å². The van der Waals surface area contributed by atoms with Crippen LogP contribution in [0.1, 0.15) is 31.2 Å². The smallest absolute Gasteiger partial charge is 0.0218 e. The highest BCUT2D eigenvalue weighted by Crippen LogP contribution is 2.29. The Morgan fingerprint density at radius 2 is 2.00 bits per heavy atom. The second-order valence-corrected chi connectivity index (χ2v) is 4.74. The molecule has 1 aromatic rings. The van der Waals surface area contributed by atoms with E-state index in [9.17, 15) is 0 Å². The number of hydrogen-bond donors (Lipinski definition) is 1. The summed E-state index contributed by atoms with van der Waals surface area (Å²) in [6.45, 7) is 5.41. The van der Waals surface area contributed by atoms with Crippen LogP contribution in [-0.2, 0) is 0 Å². The van der Waals surface area contributed by atoms with Crippen LogP contribution in [0.5, 0.6) is 0 Å².